The summed E-state index contributed by atoms with van der Waals surface area (Å²) in [7, 11) is -1.94. The zero-order valence-electron chi connectivity index (χ0n) is 13.2. The van der Waals surface area contributed by atoms with Gasteiger partial charge in [0.25, 0.3) is 0 Å². The van der Waals surface area contributed by atoms with Crippen molar-refractivity contribution >= 4 is 21.6 Å². The molecule has 0 atom stereocenters. The van der Waals surface area contributed by atoms with Crippen molar-refractivity contribution in [3.63, 3.8) is 0 Å². The number of aromatic nitrogens is 2. The maximum atomic E-state index is 12.9. The van der Waals surface area contributed by atoms with E-state index in [-0.39, 0.29) is 23.9 Å². The number of benzene rings is 1. The largest absolute Gasteiger partial charge is 0.323 e. The summed E-state index contributed by atoms with van der Waals surface area (Å²) in [5, 5.41) is 6.89. The number of carbonyl (C=O) groups excluding carboxylic acids is 1. The van der Waals surface area contributed by atoms with Gasteiger partial charge in [-0.1, -0.05) is 0 Å². The number of nitrogens with one attached hydrogen (secondary N) is 1. The van der Waals surface area contributed by atoms with Crippen LogP contribution in [0, 0.1) is 18.7 Å². The molecular formula is C15H17FN4O3S. The molecule has 1 fully saturated rings. The number of nitrogens with zero attached hydrogens (tertiary/aromatic N) is 3. The molecule has 9 heteroatoms. The van der Waals surface area contributed by atoms with Gasteiger partial charge in [-0.05, 0) is 31.2 Å². The minimum absolute atomic E-state index is 0.0193. The van der Waals surface area contributed by atoms with E-state index in [9.17, 15) is 17.6 Å². The first-order chi connectivity index (χ1) is 11.3. The molecule has 0 spiro atoms. The Balaban J connectivity index is 1.63. The van der Waals surface area contributed by atoms with Gasteiger partial charge in [-0.25, -0.2) is 12.8 Å². The number of sulfonamides is 1. The fourth-order valence-electron chi connectivity index (χ4n) is 2.51. The minimum Gasteiger partial charge on any atom is -0.323 e. The second-order valence-corrected chi connectivity index (χ2v) is 7.70. The third-order valence-corrected chi connectivity index (χ3v) is 5.79. The summed E-state index contributed by atoms with van der Waals surface area (Å²) in [5.41, 5.74) is 1.31. The molecule has 1 aliphatic rings. The van der Waals surface area contributed by atoms with Gasteiger partial charge in [0.05, 0.1) is 22.2 Å². The molecule has 0 bridgehead atoms. The lowest BCUT2D eigenvalue weighted by molar-refractivity contribution is -0.122. The van der Waals surface area contributed by atoms with Crippen molar-refractivity contribution < 1.29 is 17.6 Å². The van der Waals surface area contributed by atoms with Gasteiger partial charge in [0.15, 0.2) is 0 Å². The molecular weight excluding hydrogens is 335 g/mol. The zero-order chi connectivity index (χ0) is 17.5. The molecule has 1 aromatic carbocycles. The minimum atomic E-state index is -3.69. The van der Waals surface area contributed by atoms with Crippen LogP contribution in [0.15, 0.2) is 35.4 Å². The van der Waals surface area contributed by atoms with E-state index in [1.54, 1.807) is 24.9 Å². The first-order valence-corrected chi connectivity index (χ1v) is 8.78. The van der Waals surface area contributed by atoms with E-state index in [0.717, 1.165) is 12.1 Å². The van der Waals surface area contributed by atoms with Crippen molar-refractivity contribution in [3.05, 3.63) is 42.0 Å². The smallest absolute Gasteiger partial charge is 0.243 e. The Morgan fingerprint density at radius 3 is 2.46 bits per heavy atom. The van der Waals surface area contributed by atoms with Gasteiger partial charge < -0.3 is 5.32 Å². The van der Waals surface area contributed by atoms with Gasteiger partial charge in [0.2, 0.25) is 15.9 Å². The van der Waals surface area contributed by atoms with E-state index >= 15 is 0 Å². The Hall–Kier alpha value is -2.26. The highest BCUT2D eigenvalue weighted by Crippen LogP contribution is 2.26. The normalized spacial score (nSPS) is 16.0. The number of amides is 1. The van der Waals surface area contributed by atoms with Crippen LogP contribution in [-0.4, -0.2) is 41.5 Å². The van der Waals surface area contributed by atoms with Crippen molar-refractivity contribution in [1.82, 2.24) is 14.1 Å². The van der Waals surface area contributed by atoms with Crippen LogP contribution >= 0.6 is 0 Å². The number of anilines is 1. The van der Waals surface area contributed by atoms with Crippen LogP contribution in [-0.2, 0) is 21.9 Å². The molecule has 1 aliphatic heterocycles. The SMILES string of the molecule is Cc1nn(C)cc1NC(=O)C1CN(S(=O)(=O)c2ccc(F)cc2)C1. The highest BCUT2D eigenvalue weighted by atomic mass is 32.2. The molecule has 0 saturated carbocycles. The number of carbonyl (C=O) groups is 1. The summed E-state index contributed by atoms with van der Waals surface area (Å²) >= 11 is 0. The zero-order valence-corrected chi connectivity index (χ0v) is 14.0. The highest BCUT2D eigenvalue weighted by Gasteiger charge is 2.40. The van der Waals surface area contributed by atoms with Crippen molar-refractivity contribution in [1.29, 1.82) is 0 Å². The van der Waals surface area contributed by atoms with Gasteiger partial charge in [-0.3, -0.25) is 9.48 Å². The van der Waals surface area contributed by atoms with Crippen molar-refractivity contribution in [3.8, 4) is 0 Å². The molecule has 2 aromatic rings. The van der Waals surface area contributed by atoms with Gasteiger partial charge in [0, 0.05) is 26.3 Å². The Labute approximate surface area is 139 Å². The third kappa shape index (κ3) is 3.04. The summed E-state index contributed by atoms with van der Waals surface area (Å²) in [6.45, 7) is 1.98. The molecule has 1 amide bonds. The number of hydrogen-bond donors (Lipinski definition) is 1. The van der Waals surface area contributed by atoms with Crippen molar-refractivity contribution in [2.24, 2.45) is 13.0 Å². The summed E-state index contributed by atoms with van der Waals surface area (Å²) in [6.07, 6.45) is 1.69. The van der Waals surface area contributed by atoms with Crippen molar-refractivity contribution in [2.45, 2.75) is 11.8 Å². The average Bonchev–Trinajstić information content (AvgIpc) is 2.75. The monoisotopic (exact) mass is 352 g/mol. The van der Waals surface area contributed by atoms with Crippen LogP contribution in [0.5, 0.6) is 0 Å². The average molecular weight is 352 g/mol. The van der Waals surface area contributed by atoms with Gasteiger partial charge in [0.1, 0.15) is 5.82 Å². The lowest BCUT2D eigenvalue weighted by Crippen LogP contribution is -2.54. The number of aryl methyl sites for hydroxylation is 2. The van der Waals surface area contributed by atoms with Gasteiger partial charge in [-0.2, -0.15) is 9.40 Å². The molecule has 0 unspecified atom stereocenters. The molecule has 1 N–H and O–H groups in total. The lowest BCUT2D eigenvalue weighted by Gasteiger charge is -2.36. The predicted molar refractivity (Wildman–Crippen MR) is 85.2 cm³/mol. The second-order valence-electron chi connectivity index (χ2n) is 5.76. The van der Waals surface area contributed by atoms with E-state index in [2.05, 4.69) is 10.4 Å². The number of rotatable bonds is 4. The lowest BCUT2D eigenvalue weighted by atomic mass is 10.0. The van der Waals surface area contributed by atoms with Crippen LogP contribution in [0.3, 0.4) is 0 Å². The van der Waals surface area contributed by atoms with E-state index in [1.807, 2.05) is 0 Å². The first-order valence-electron chi connectivity index (χ1n) is 7.34. The second kappa shape index (κ2) is 5.99. The summed E-state index contributed by atoms with van der Waals surface area (Å²) < 4.78 is 40.5. The Morgan fingerprint density at radius 1 is 1.29 bits per heavy atom. The molecule has 128 valence electrons. The fourth-order valence-corrected chi connectivity index (χ4v) is 4.04. The standard InChI is InChI=1S/C15H17FN4O3S/c1-10-14(9-19(2)18-10)17-15(21)11-7-20(8-11)24(22,23)13-5-3-12(16)4-6-13/h3-6,9,11H,7-8H2,1-2H3,(H,17,21). The third-order valence-electron chi connectivity index (χ3n) is 3.94. The molecule has 24 heavy (non-hydrogen) atoms. The van der Waals surface area contributed by atoms with E-state index in [1.165, 1.54) is 16.4 Å². The summed E-state index contributed by atoms with van der Waals surface area (Å²) in [4.78, 5) is 12.2. The fraction of sp³-hybridized carbons (Fsp3) is 0.333. The van der Waals surface area contributed by atoms with E-state index in [4.69, 9.17) is 0 Å². The maximum absolute atomic E-state index is 12.9. The summed E-state index contributed by atoms with van der Waals surface area (Å²) in [6, 6.07) is 4.64. The molecule has 7 nitrogen and oxygen atoms in total. The van der Waals surface area contributed by atoms with Crippen LogP contribution in [0.2, 0.25) is 0 Å². The van der Waals surface area contributed by atoms with Crippen LogP contribution in [0.25, 0.3) is 0 Å². The quantitative estimate of drug-likeness (QED) is 0.894. The molecule has 1 aromatic heterocycles. The molecule has 0 radical (unpaired) electrons. The number of halogens is 1. The topological polar surface area (TPSA) is 84.3 Å². The highest BCUT2D eigenvalue weighted by molar-refractivity contribution is 7.89. The first kappa shape index (κ1) is 16.6. The molecule has 3 rings (SSSR count). The van der Waals surface area contributed by atoms with E-state index in [0.29, 0.717) is 11.4 Å². The van der Waals surface area contributed by atoms with Crippen LogP contribution in [0.4, 0.5) is 10.1 Å². The van der Waals surface area contributed by atoms with Crippen LogP contribution < -0.4 is 5.32 Å². The van der Waals surface area contributed by atoms with Crippen LogP contribution in [0.1, 0.15) is 5.69 Å². The predicted octanol–water partition coefficient (Wildman–Crippen LogP) is 1.13. The maximum Gasteiger partial charge on any atom is 0.243 e. The summed E-state index contributed by atoms with van der Waals surface area (Å²) in [5.74, 6) is -1.15. The van der Waals surface area contributed by atoms with Gasteiger partial charge >= 0.3 is 0 Å². The van der Waals surface area contributed by atoms with E-state index < -0.39 is 21.8 Å². The molecule has 2 heterocycles. The van der Waals surface area contributed by atoms with Gasteiger partial charge in [-0.15, -0.1) is 0 Å². The molecule has 0 aliphatic carbocycles. The Kier molecular flexibility index (Phi) is 4.14. The van der Waals surface area contributed by atoms with Crippen molar-refractivity contribution in [2.75, 3.05) is 18.4 Å². The number of hydrogen-bond acceptors (Lipinski definition) is 4. The Bertz CT molecular complexity index is 871. The molecule has 1 saturated heterocycles. The Morgan fingerprint density at radius 2 is 1.92 bits per heavy atom.